The predicted molar refractivity (Wildman–Crippen MR) is 193 cm³/mol. The van der Waals surface area contributed by atoms with Crippen molar-refractivity contribution in [3.8, 4) is 5.75 Å². The number of aldehydes is 1. The largest absolute Gasteiger partial charge is 0.494 e. The number of allylic oxidation sites excluding steroid dienone is 2. The van der Waals surface area contributed by atoms with Crippen LogP contribution >= 0.6 is 0 Å². The van der Waals surface area contributed by atoms with E-state index in [0.717, 1.165) is 6.29 Å². The maximum atomic E-state index is 13.6. The van der Waals surface area contributed by atoms with Crippen LogP contribution in [-0.2, 0) is 33.2 Å². The van der Waals surface area contributed by atoms with Crippen molar-refractivity contribution in [2.45, 2.75) is 53.9 Å². The number of benzene rings is 2. The van der Waals surface area contributed by atoms with E-state index in [9.17, 15) is 19.2 Å². The molecule has 0 saturated carbocycles. The van der Waals surface area contributed by atoms with Gasteiger partial charge in [0.25, 0.3) is 11.8 Å². The van der Waals surface area contributed by atoms with Gasteiger partial charge in [-0.15, -0.1) is 0 Å². The summed E-state index contributed by atoms with van der Waals surface area (Å²) in [5, 5.41) is 11.7. The number of carbonyl (C=O) groups is 4. The number of hydrogen-bond donors (Lipinski definition) is 2. The van der Waals surface area contributed by atoms with Crippen LogP contribution in [-0.4, -0.2) is 69.4 Å². The maximum absolute atomic E-state index is 13.6. The Kier molecular flexibility index (Phi) is 9.72. The Labute approximate surface area is 297 Å². The lowest BCUT2D eigenvalue weighted by Crippen LogP contribution is -2.26. The van der Waals surface area contributed by atoms with Gasteiger partial charge in [0.05, 0.1) is 35.0 Å². The van der Waals surface area contributed by atoms with Crippen molar-refractivity contribution < 1.29 is 23.9 Å². The number of nitrogens with two attached hydrogens (primary N) is 1. The predicted octanol–water partition coefficient (Wildman–Crippen LogP) is 3.55. The molecule has 0 atom stereocenters. The number of nitrogens with one attached hydrogen (secondary N) is 1. The van der Waals surface area contributed by atoms with Gasteiger partial charge in [-0.1, -0.05) is 12.2 Å². The van der Waals surface area contributed by atoms with Crippen LogP contribution in [0.1, 0.15) is 66.9 Å². The van der Waals surface area contributed by atoms with E-state index in [-0.39, 0.29) is 30.5 Å². The summed E-state index contributed by atoms with van der Waals surface area (Å²) >= 11 is 0. The molecular weight excluding hydrogens is 666 g/mol. The molecular formula is C36H39N11O5. The molecule has 268 valence electrons. The third kappa shape index (κ3) is 6.53. The molecule has 3 N–H and O–H groups in total. The molecule has 4 heterocycles. The van der Waals surface area contributed by atoms with Crippen molar-refractivity contribution in [2.24, 2.45) is 17.8 Å². The third-order valence-electron chi connectivity index (χ3n) is 8.66. The van der Waals surface area contributed by atoms with Gasteiger partial charge in [0.1, 0.15) is 28.9 Å². The zero-order chi connectivity index (χ0) is 37.3. The highest BCUT2D eigenvalue weighted by atomic mass is 16.5. The van der Waals surface area contributed by atoms with Gasteiger partial charge in [0.15, 0.2) is 0 Å². The van der Waals surface area contributed by atoms with E-state index in [1.807, 2.05) is 49.0 Å². The molecule has 6 aromatic rings. The first-order chi connectivity index (χ1) is 25.0. The second kappa shape index (κ2) is 14.3. The average molecular weight is 706 g/mol. The highest BCUT2D eigenvalue weighted by molar-refractivity contribution is 6.03. The summed E-state index contributed by atoms with van der Waals surface area (Å²) in [5.74, 6) is -0.828. The van der Waals surface area contributed by atoms with Gasteiger partial charge in [-0.25, -0.2) is 4.98 Å². The molecule has 0 aliphatic rings. The van der Waals surface area contributed by atoms with Crippen LogP contribution in [0.5, 0.6) is 5.75 Å². The van der Waals surface area contributed by atoms with Crippen molar-refractivity contribution in [1.29, 1.82) is 0 Å². The van der Waals surface area contributed by atoms with E-state index >= 15 is 0 Å². The standard InChI is InChI=1S/C36H39N11O5/c1-7-46-28(15-21(3)41-46)33(50)39-35-38-25-17-23(20-48)11-12-26(25)44(35)13-9-10-14-45-31-27(18-24(32(37)49)19-30(31)52-6)43(5)36(45)40-34(51)29-16-22(4)42-47(29)8-2/h9-12,15-20H,7-8,13-14H2,1-6H3,(H2,37,49)(H,38,39,50)/b10-9+,40-36?. The molecule has 16 heteroatoms. The van der Waals surface area contributed by atoms with E-state index in [1.54, 1.807) is 63.4 Å². The van der Waals surface area contributed by atoms with Crippen molar-refractivity contribution in [3.05, 3.63) is 94.1 Å². The second-order valence-electron chi connectivity index (χ2n) is 12.1. The molecule has 4 aromatic heterocycles. The number of carbonyl (C=O) groups excluding carboxylic acids is 4. The molecule has 0 bridgehead atoms. The SMILES string of the molecule is CCn1nc(C)cc1C(=O)N=c1n(C)c2cc(C(N)=O)cc(OC)c2n1C/C=C/Cn1c(NC(=O)c2cc(C)nn2CC)nc2cc(C=O)ccc21. The van der Waals surface area contributed by atoms with Gasteiger partial charge in [-0.05, 0) is 70.2 Å². The smallest absolute Gasteiger partial charge is 0.298 e. The van der Waals surface area contributed by atoms with E-state index in [2.05, 4.69) is 25.5 Å². The summed E-state index contributed by atoms with van der Waals surface area (Å²) in [4.78, 5) is 59.9. The first-order valence-electron chi connectivity index (χ1n) is 16.6. The number of amides is 3. The second-order valence-corrected chi connectivity index (χ2v) is 12.1. The molecule has 52 heavy (non-hydrogen) atoms. The number of rotatable bonds is 12. The minimum atomic E-state index is -0.630. The monoisotopic (exact) mass is 705 g/mol. The number of nitrogens with zero attached hydrogens (tertiary/aromatic N) is 9. The Hall–Kier alpha value is -6.58. The maximum Gasteiger partial charge on any atom is 0.298 e. The number of ether oxygens (including phenoxy) is 1. The number of primary amides is 1. The van der Waals surface area contributed by atoms with Crippen molar-refractivity contribution in [1.82, 2.24) is 38.2 Å². The van der Waals surface area contributed by atoms with Crippen molar-refractivity contribution >= 4 is 52.0 Å². The lowest BCUT2D eigenvalue weighted by atomic mass is 10.1. The fourth-order valence-corrected chi connectivity index (χ4v) is 6.22. The molecule has 0 aliphatic carbocycles. The summed E-state index contributed by atoms with van der Waals surface area (Å²) in [6.07, 6.45) is 4.52. The highest BCUT2D eigenvalue weighted by Crippen LogP contribution is 2.27. The lowest BCUT2D eigenvalue weighted by Gasteiger charge is -2.10. The molecule has 0 unspecified atom stereocenters. The van der Waals surface area contributed by atoms with Crippen molar-refractivity contribution in [3.63, 3.8) is 0 Å². The van der Waals surface area contributed by atoms with E-state index in [0.29, 0.717) is 74.9 Å². The zero-order valence-corrected chi connectivity index (χ0v) is 29.7. The van der Waals surface area contributed by atoms with Crippen LogP contribution in [0.15, 0.2) is 59.6 Å². The van der Waals surface area contributed by atoms with Crippen LogP contribution in [0.2, 0.25) is 0 Å². The fourth-order valence-electron chi connectivity index (χ4n) is 6.22. The molecule has 0 fully saturated rings. The topological polar surface area (TPSA) is 191 Å². The van der Waals surface area contributed by atoms with Gasteiger partial charge >= 0.3 is 0 Å². The molecule has 0 radical (unpaired) electrons. The van der Waals surface area contributed by atoms with Crippen molar-refractivity contribution in [2.75, 3.05) is 12.4 Å². The molecule has 0 aliphatic heterocycles. The van der Waals surface area contributed by atoms with Crippen LogP contribution in [0.4, 0.5) is 5.95 Å². The third-order valence-corrected chi connectivity index (χ3v) is 8.66. The number of imidazole rings is 2. The number of hydrogen-bond acceptors (Lipinski definition) is 8. The highest BCUT2D eigenvalue weighted by Gasteiger charge is 2.21. The summed E-state index contributed by atoms with van der Waals surface area (Å²) in [5.41, 5.74) is 11.2. The summed E-state index contributed by atoms with van der Waals surface area (Å²) in [6.45, 7) is 8.95. The Morgan fingerprint density at radius 1 is 0.904 bits per heavy atom. The summed E-state index contributed by atoms with van der Waals surface area (Å²) in [7, 11) is 3.23. The summed E-state index contributed by atoms with van der Waals surface area (Å²) < 4.78 is 14.3. The molecule has 6 rings (SSSR count). The van der Waals surface area contributed by atoms with Gasteiger partial charge in [0.2, 0.25) is 17.5 Å². The number of anilines is 1. The number of fused-ring (bicyclic) bond motifs is 2. The van der Waals surface area contributed by atoms with Crippen LogP contribution in [0.3, 0.4) is 0 Å². The van der Waals surface area contributed by atoms with Gasteiger partial charge in [-0.2, -0.15) is 15.2 Å². The van der Waals surface area contributed by atoms with E-state index < -0.39 is 11.8 Å². The molecule has 0 spiro atoms. The minimum absolute atomic E-state index is 0.236. The Morgan fingerprint density at radius 2 is 1.56 bits per heavy atom. The summed E-state index contributed by atoms with van der Waals surface area (Å²) in [6, 6.07) is 11.7. The molecule has 0 saturated heterocycles. The average Bonchev–Trinajstić information content (AvgIpc) is 3.88. The van der Waals surface area contributed by atoms with Gasteiger partial charge < -0.3 is 24.2 Å². The number of methoxy groups -OCH3 is 1. The lowest BCUT2D eigenvalue weighted by molar-refractivity contribution is 0.0981. The fraction of sp³-hybridized carbons (Fsp3) is 0.278. The zero-order valence-electron chi connectivity index (χ0n) is 29.7. The molecule has 16 nitrogen and oxygen atoms in total. The molecule has 3 amide bonds. The van der Waals surface area contributed by atoms with Crippen LogP contribution < -0.4 is 21.4 Å². The van der Waals surface area contributed by atoms with Gasteiger partial charge in [-0.3, -0.25) is 33.9 Å². The Bertz CT molecular complexity index is 2490. The normalized spacial score (nSPS) is 12.0. The van der Waals surface area contributed by atoms with E-state index in [1.165, 1.54) is 7.11 Å². The minimum Gasteiger partial charge on any atom is -0.494 e. The number of aromatic nitrogens is 8. The van der Waals surface area contributed by atoms with Gasteiger partial charge in [0, 0.05) is 44.4 Å². The Balaban J connectivity index is 1.41. The Morgan fingerprint density at radius 3 is 2.19 bits per heavy atom. The molecule has 2 aromatic carbocycles. The quantitative estimate of drug-likeness (QED) is 0.143. The number of aryl methyl sites for hydroxylation is 5. The van der Waals surface area contributed by atoms with Crippen LogP contribution in [0.25, 0.3) is 22.1 Å². The first kappa shape index (κ1) is 35.3. The first-order valence-corrected chi connectivity index (χ1v) is 16.6. The van der Waals surface area contributed by atoms with E-state index in [4.69, 9.17) is 10.5 Å². The van der Waals surface area contributed by atoms with Crippen LogP contribution in [0, 0.1) is 13.8 Å².